The Morgan fingerprint density at radius 1 is 0.347 bits per heavy atom. The van der Waals surface area contributed by atoms with Crippen LogP contribution in [0.4, 0.5) is 0 Å². The summed E-state index contributed by atoms with van der Waals surface area (Å²) in [5.74, 6) is 5.01. The predicted octanol–water partition coefficient (Wildman–Crippen LogP) is 9.30. The molecule has 0 spiro atoms. The van der Waals surface area contributed by atoms with Crippen molar-refractivity contribution in [3.8, 4) is 34.5 Å². The van der Waals surface area contributed by atoms with Gasteiger partial charge in [-0.25, -0.2) is 0 Å². The first-order valence-corrected chi connectivity index (χ1v) is 18.7. The summed E-state index contributed by atoms with van der Waals surface area (Å²) in [4.78, 5) is 0. The molecule has 0 saturated heterocycles. The average molecular weight is 677 g/mol. The van der Waals surface area contributed by atoms with Crippen molar-refractivity contribution in [3.05, 3.63) is 91.0 Å². The van der Waals surface area contributed by atoms with Gasteiger partial charge in [0.2, 0.25) is 0 Å². The molecule has 6 aromatic rings. The first-order chi connectivity index (χ1) is 24.0. The van der Waals surface area contributed by atoms with E-state index in [1.807, 2.05) is 41.5 Å². The Balaban J connectivity index is 1.80. The molecule has 0 aliphatic rings. The van der Waals surface area contributed by atoms with Gasteiger partial charge in [0.05, 0.1) is 39.6 Å². The van der Waals surface area contributed by atoms with Crippen molar-refractivity contribution >= 4 is 56.2 Å². The number of fused-ring (bicyclic) bond motifs is 3. The lowest BCUT2D eigenvalue weighted by Crippen LogP contribution is -2.27. The second-order valence-corrected chi connectivity index (χ2v) is 13.3. The SMILES string of the molecule is CCOc1ccc2c(P(c3c(OCC)ccc4cc(OCC)ccc34)c3c(OCC)ccc4cc(OCC)ccc34)c(OCC)ccc2c1. The molecule has 6 aromatic carbocycles. The van der Waals surface area contributed by atoms with Gasteiger partial charge in [-0.1, -0.05) is 18.2 Å². The molecule has 7 heteroatoms. The van der Waals surface area contributed by atoms with E-state index in [4.69, 9.17) is 28.4 Å². The van der Waals surface area contributed by atoms with Crippen LogP contribution in [0.1, 0.15) is 41.5 Å². The first kappa shape index (κ1) is 34.2. The van der Waals surface area contributed by atoms with Crippen LogP contribution in [-0.2, 0) is 0 Å². The normalized spacial score (nSPS) is 11.3. The number of hydrogen-bond donors (Lipinski definition) is 0. The second-order valence-electron chi connectivity index (χ2n) is 11.3. The maximum Gasteiger partial charge on any atom is 0.128 e. The topological polar surface area (TPSA) is 55.4 Å². The van der Waals surface area contributed by atoms with E-state index in [1.54, 1.807) is 0 Å². The fraction of sp³-hybridized carbons (Fsp3) is 0.286. The van der Waals surface area contributed by atoms with Gasteiger partial charge in [0, 0.05) is 23.8 Å². The van der Waals surface area contributed by atoms with Gasteiger partial charge in [-0.05, 0) is 147 Å². The molecular weight excluding hydrogens is 631 g/mol. The van der Waals surface area contributed by atoms with Gasteiger partial charge in [-0.2, -0.15) is 0 Å². The fourth-order valence-corrected chi connectivity index (χ4v) is 9.51. The van der Waals surface area contributed by atoms with Gasteiger partial charge in [-0.15, -0.1) is 0 Å². The summed E-state index contributed by atoms with van der Waals surface area (Å²) in [7, 11) is -1.39. The monoisotopic (exact) mass is 676 g/mol. The average Bonchev–Trinajstić information content (AvgIpc) is 3.11. The Kier molecular flexibility index (Phi) is 11.0. The molecule has 0 amide bonds. The molecule has 0 aromatic heterocycles. The molecule has 0 bridgehead atoms. The molecule has 0 aliphatic carbocycles. The highest BCUT2D eigenvalue weighted by Crippen LogP contribution is 2.49. The fourth-order valence-electron chi connectivity index (χ4n) is 6.43. The van der Waals surface area contributed by atoms with Gasteiger partial charge >= 0.3 is 0 Å². The Bertz CT molecular complexity index is 1840. The summed E-state index contributed by atoms with van der Waals surface area (Å²) in [5.41, 5.74) is 0. The number of hydrogen-bond acceptors (Lipinski definition) is 6. The molecule has 0 unspecified atom stereocenters. The Hall–Kier alpha value is -4.67. The maximum absolute atomic E-state index is 6.54. The predicted molar refractivity (Wildman–Crippen MR) is 205 cm³/mol. The van der Waals surface area contributed by atoms with Crippen molar-refractivity contribution in [2.45, 2.75) is 41.5 Å². The molecular formula is C42H45O6P. The largest absolute Gasteiger partial charge is 0.494 e. The highest BCUT2D eigenvalue weighted by Gasteiger charge is 2.32. The van der Waals surface area contributed by atoms with Gasteiger partial charge < -0.3 is 28.4 Å². The molecule has 6 nitrogen and oxygen atoms in total. The Labute approximate surface area is 290 Å². The van der Waals surface area contributed by atoms with Crippen molar-refractivity contribution in [1.29, 1.82) is 0 Å². The summed E-state index contributed by atoms with van der Waals surface area (Å²) in [5, 5.41) is 9.80. The van der Waals surface area contributed by atoms with Crippen LogP contribution in [-0.4, -0.2) is 39.6 Å². The lowest BCUT2D eigenvalue weighted by molar-refractivity contribution is 0.340. The third-order valence-corrected chi connectivity index (χ3v) is 11.0. The summed E-state index contributed by atoms with van der Waals surface area (Å²) in [6.07, 6.45) is 0. The zero-order valence-electron chi connectivity index (χ0n) is 29.3. The number of benzene rings is 6. The lowest BCUT2D eigenvalue weighted by Gasteiger charge is -2.29. The second kappa shape index (κ2) is 15.7. The summed E-state index contributed by atoms with van der Waals surface area (Å²) >= 11 is 0. The minimum atomic E-state index is -1.39. The zero-order chi connectivity index (χ0) is 34.3. The highest BCUT2D eigenvalue weighted by molar-refractivity contribution is 7.81. The standard InChI is InChI=1S/C42H45O6P/c1-7-43-31-16-19-34-28(25-31)13-22-37(46-10-4)40(34)49(41-35-20-17-32(44-8-2)26-29(35)14-23-38(41)47-11-5)42-36-21-18-33(45-9-3)27-30(36)15-24-39(42)48-12-6/h13-27H,7-12H2,1-6H3. The van der Waals surface area contributed by atoms with Crippen LogP contribution < -0.4 is 44.3 Å². The Morgan fingerprint density at radius 2 is 0.633 bits per heavy atom. The molecule has 0 radical (unpaired) electrons. The summed E-state index contributed by atoms with van der Waals surface area (Å²) in [6, 6.07) is 31.7. The van der Waals surface area contributed by atoms with E-state index in [2.05, 4.69) is 91.0 Å². The highest BCUT2D eigenvalue weighted by atomic mass is 31.1. The van der Waals surface area contributed by atoms with Crippen molar-refractivity contribution in [2.24, 2.45) is 0 Å². The molecule has 0 atom stereocenters. The van der Waals surface area contributed by atoms with Gasteiger partial charge in [-0.3, -0.25) is 0 Å². The molecule has 6 rings (SSSR count). The minimum Gasteiger partial charge on any atom is -0.494 e. The van der Waals surface area contributed by atoms with Crippen LogP contribution in [0.15, 0.2) is 91.0 Å². The molecule has 0 N–H and O–H groups in total. The molecule has 0 saturated carbocycles. The quantitative estimate of drug-likeness (QED) is 0.101. The third kappa shape index (κ3) is 6.93. The van der Waals surface area contributed by atoms with Crippen LogP contribution >= 0.6 is 7.92 Å². The lowest BCUT2D eigenvalue weighted by atomic mass is 10.1. The van der Waals surface area contributed by atoms with E-state index >= 15 is 0 Å². The smallest absolute Gasteiger partial charge is 0.128 e. The van der Waals surface area contributed by atoms with Crippen molar-refractivity contribution in [1.82, 2.24) is 0 Å². The molecule has 0 aliphatic heterocycles. The van der Waals surface area contributed by atoms with Gasteiger partial charge in [0.15, 0.2) is 0 Å². The number of rotatable bonds is 15. The molecule has 0 heterocycles. The van der Waals surface area contributed by atoms with Crippen molar-refractivity contribution < 1.29 is 28.4 Å². The molecule has 0 fully saturated rings. The van der Waals surface area contributed by atoms with Crippen LogP contribution in [0.3, 0.4) is 0 Å². The van der Waals surface area contributed by atoms with E-state index in [9.17, 15) is 0 Å². The van der Waals surface area contributed by atoms with Crippen LogP contribution in [0.2, 0.25) is 0 Å². The van der Waals surface area contributed by atoms with Crippen molar-refractivity contribution in [2.75, 3.05) is 39.6 Å². The number of ether oxygens (including phenoxy) is 6. The van der Waals surface area contributed by atoms with Crippen LogP contribution in [0, 0.1) is 0 Å². The van der Waals surface area contributed by atoms with Crippen molar-refractivity contribution in [3.63, 3.8) is 0 Å². The Morgan fingerprint density at radius 3 is 0.898 bits per heavy atom. The molecule has 49 heavy (non-hydrogen) atoms. The van der Waals surface area contributed by atoms with Crippen LogP contribution in [0.5, 0.6) is 34.5 Å². The van der Waals surface area contributed by atoms with Gasteiger partial charge in [0.1, 0.15) is 34.5 Å². The molecule has 254 valence electrons. The zero-order valence-corrected chi connectivity index (χ0v) is 30.2. The summed E-state index contributed by atoms with van der Waals surface area (Å²) < 4.78 is 37.5. The van der Waals surface area contributed by atoms with E-state index in [0.717, 1.165) is 82.7 Å². The van der Waals surface area contributed by atoms with E-state index in [1.165, 1.54) is 0 Å². The van der Waals surface area contributed by atoms with E-state index in [0.29, 0.717) is 39.6 Å². The minimum absolute atomic E-state index is 0.524. The first-order valence-electron chi connectivity index (χ1n) is 17.3. The van der Waals surface area contributed by atoms with Crippen LogP contribution in [0.25, 0.3) is 32.3 Å². The van der Waals surface area contributed by atoms with Gasteiger partial charge in [0.25, 0.3) is 0 Å². The van der Waals surface area contributed by atoms with E-state index in [-0.39, 0.29) is 0 Å². The summed E-state index contributed by atoms with van der Waals surface area (Å²) in [6.45, 7) is 15.5. The van der Waals surface area contributed by atoms with E-state index < -0.39 is 7.92 Å². The maximum atomic E-state index is 6.54. The third-order valence-electron chi connectivity index (χ3n) is 8.28.